The van der Waals surface area contributed by atoms with Crippen molar-refractivity contribution in [3.05, 3.63) is 59.8 Å². The van der Waals surface area contributed by atoms with Gasteiger partial charge in [-0.2, -0.15) is 4.98 Å². The van der Waals surface area contributed by atoms with E-state index in [1.165, 1.54) is 0 Å². The van der Waals surface area contributed by atoms with E-state index in [1.54, 1.807) is 44.7 Å². The van der Waals surface area contributed by atoms with Crippen LogP contribution in [0.15, 0.2) is 54.7 Å². The molecular formula is C18H17ClN4O2. The van der Waals surface area contributed by atoms with Gasteiger partial charge in [-0.3, -0.25) is 0 Å². The smallest absolute Gasteiger partial charge is 0.229 e. The average Bonchev–Trinajstić information content (AvgIpc) is 2.62. The minimum absolute atomic E-state index is 0.425. The molecule has 2 aromatic carbocycles. The third-order valence-electron chi connectivity index (χ3n) is 3.41. The molecule has 3 aromatic rings. The Kier molecular flexibility index (Phi) is 5.20. The van der Waals surface area contributed by atoms with Gasteiger partial charge in [0.05, 0.1) is 19.9 Å². The summed E-state index contributed by atoms with van der Waals surface area (Å²) < 4.78 is 10.5. The quantitative estimate of drug-likeness (QED) is 0.671. The number of methoxy groups -OCH3 is 2. The van der Waals surface area contributed by atoms with Crippen molar-refractivity contribution in [2.75, 3.05) is 24.9 Å². The van der Waals surface area contributed by atoms with E-state index in [0.717, 1.165) is 11.4 Å². The molecule has 0 amide bonds. The van der Waals surface area contributed by atoms with Gasteiger partial charge in [0.2, 0.25) is 5.95 Å². The Labute approximate surface area is 150 Å². The van der Waals surface area contributed by atoms with Crippen LogP contribution in [-0.2, 0) is 0 Å². The van der Waals surface area contributed by atoms with Crippen molar-refractivity contribution in [2.24, 2.45) is 0 Å². The topological polar surface area (TPSA) is 68.3 Å². The molecule has 7 heteroatoms. The second-order valence-electron chi connectivity index (χ2n) is 5.09. The Hall–Kier alpha value is -2.99. The van der Waals surface area contributed by atoms with Crippen LogP contribution in [0.5, 0.6) is 11.5 Å². The summed E-state index contributed by atoms with van der Waals surface area (Å²) >= 11 is 6.05. The van der Waals surface area contributed by atoms with Gasteiger partial charge < -0.3 is 20.1 Å². The maximum atomic E-state index is 6.05. The molecule has 0 atom stereocenters. The van der Waals surface area contributed by atoms with Crippen molar-refractivity contribution in [2.45, 2.75) is 0 Å². The first-order valence-electron chi connectivity index (χ1n) is 7.52. The minimum atomic E-state index is 0.425. The summed E-state index contributed by atoms with van der Waals surface area (Å²) in [6.07, 6.45) is 1.66. The molecule has 0 fully saturated rings. The largest absolute Gasteiger partial charge is 0.497 e. The molecule has 0 saturated carbocycles. The van der Waals surface area contributed by atoms with Crippen LogP contribution in [0.25, 0.3) is 0 Å². The lowest BCUT2D eigenvalue weighted by Gasteiger charge is -2.12. The number of anilines is 4. The number of rotatable bonds is 6. The van der Waals surface area contributed by atoms with E-state index in [0.29, 0.717) is 28.2 Å². The second-order valence-corrected chi connectivity index (χ2v) is 5.53. The zero-order valence-corrected chi connectivity index (χ0v) is 14.5. The van der Waals surface area contributed by atoms with E-state index in [9.17, 15) is 0 Å². The average molecular weight is 357 g/mol. The zero-order valence-electron chi connectivity index (χ0n) is 13.8. The van der Waals surface area contributed by atoms with E-state index in [-0.39, 0.29) is 0 Å². The van der Waals surface area contributed by atoms with Gasteiger partial charge in [0.1, 0.15) is 17.3 Å². The van der Waals surface area contributed by atoms with E-state index in [1.807, 2.05) is 24.3 Å². The molecule has 128 valence electrons. The minimum Gasteiger partial charge on any atom is -0.497 e. The van der Waals surface area contributed by atoms with Crippen molar-refractivity contribution in [3.8, 4) is 11.5 Å². The van der Waals surface area contributed by atoms with E-state index < -0.39 is 0 Å². The van der Waals surface area contributed by atoms with Gasteiger partial charge in [0.15, 0.2) is 0 Å². The Morgan fingerprint density at radius 2 is 1.84 bits per heavy atom. The van der Waals surface area contributed by atoms with Crippen LogP contribution >= 0.6 is 11.6 Å². The molecule has 0 saturated heterocycles. The predicted molar refractivity (Wildman–Crippen MR) is 99.6 cm³/mol. The molecule has 6 nitrogen and oxygen atoms in total. The number of halogens is 1. The zero-order chi connectivity index (χ0) is 17.6. The molecule has 1 aromatic heterocycles. The number of aromatic nitrogens is 2. The van der Waals surface area contributed by atoms with Gasteiger partial charge in [-0.1, -0.05) is 17.7 Å². The molecule has 0 radical (unpaired) electrons. The number of benzene rings is 2. The fourth-order valence-electron chi connectivity index (χ4n) is 2.24. The Bertz CT molecular complexity index is 873. The highest BCUT2D eigenvalue weighted by molar-refractivity contribution is 6.31. The van der Waals surface area contributed by atoms with Crippen LogP contribution < -0.4 is 20.1 Å². The van der Waals surface area contributed by atoms with Gasteiger partial charge in [0.25, 0.3) is 0 Å². The first-order valence-corrected chi connectivity index (χ1v) is 7.90. The third kappa shape index (κ3) is 4.30. The summed E-state index contributed by atoms with van der Waals surface area (Å²) in [7, 11) is 3.22. The SMILES string of the molecule is COc1cccc(Nc2ccnc(Nc3cc(Cl)ccc3OC)n2)c1. The Morgan fingerprint density at radius 1 is 0.960 bits per heavy atom. The highest BCUT2D eigenvalue weighted by Gasteiger charge is 2.07. The number of hydrogen-bond acceptors (Lipinski definition) is 6. The third-order valence-corrected chi connectivity index (χ3v) is 3.64. The lowest BCUT2D eigenvalue weighted by atomic mass is 10.3. The summed E-state index contributed by atoms with van der Waals surface area (Å²) in [4.78, 5) is 8.68. The van der Waals surface area contributed by atoms with Crippen molar-refractivity contribution < 1.29 is 9.47 Å². The van der Waals surface area contributed by atoms with Crippen molar-refractivity contribution >= 4 is 34.7 Å². The van der Waals surface area contributed by atoms with Crippen LogP contribution in [-0.4, -0.2) is 24.2 Å². The maximum absolute atomic E-state index is 6.05. The summed E-state index contributed by atoms with van der Waals surface area (Å²) in [5, 5.41) is 6.92. The number of nitrogens with one attached hydrogen (secondary N) is 2. The molecule has 0 aliphatic heterocycles. The molecule has 0 bridgehead atoms. The number of nitrogens with zero attached hydrogens (tertiary/aromatic N) is 2. The lowest BCUT2D eigenvalue weighted by molar-refractivity contribution is 0.415. The molecule has 1 heterocycles. The predicted octanol–water partition coefficient (Wildman–Crippen LogP) is 4.63. The van der Waals surface area contributed by atoms with Gasteiger partial charge in [-0.25, -0.2) is 4.98 Å². The summed E-state index contributed by atoms with van der Waals surface area (Å²) in [6, 6.07) is 14.7. The highest BCUT2D eigenvalue weighted by Crippen LogP contribution is 2.30. The first kappa shape index (κ1) is 16.9. The van der Waals surface area contributed by atoms with Gasteiger partial charge in [-0.15, -0.1) is 0 Å². The maximum Gasteiger partial charge on any atom is 0.229 e. The number of ether oxygens (including phenoxy) is 2. The lowest BCUT2D eigenvalue weighted by Crippen LogP contribution is -2.01. The molecular weight excluding hydrogens is 340 g/mol. The van der Waals surface area contributed by atoms with E-state index >= 15 is 0 Å². The van der Waals surface area contributed by atoms with Crippen LogP contribution in [0.2, 0.25) is 5.02 Å². The molecule has 25 heavy (non-hydrogen) atoms. The Balaban J connectivity index is 1.81. The highest BCUT2D eigenvalue weighted by atomic mass is 35.5. The molecule has 0 aliphatic carbocycles. The summed E-state index contributed by atoms with van der Waals surface area (Å²) in [6.45, 7) is 0. The van der Waals surface area contributed by atoms with Crippen LogP contribution in [0, 0.1) is 0 Å². The van der Waals surface area contributed by atoms with Crippen LogP contribution in [0.3, 0.4) is 0 Å². The fourth-order valence-corrected chi connectivity index (χ4v) is 2.41. The molecule has 0 aliphatic rings. The van der Waals surface area contributed by atoms with E-state index in [2.05, 4.69) is 20.6 Å². The van der Waals surface area contributed by atoms with E-state index in [4.69, 9.17) is 21.1 Å². The fraction of sp³-hybridized carbons (Fsp3) is 0.111. The first-order chi connectivity index (χ1) is 12.2. The molecule has 2 N–H and O–H groups in total. The van der Waals surface area contributed by atoms with Crippen molar-refractivity contribution in [1.29, 1.82) is 0 Å². The summed E-state index contributed by atoms with van der Waals surface area (Å²) in [5.74, 6) is 2.49. The molecule has 0 unspecified atom stereocenters. The van der Waals surface area contributed by atoms with Gasteiger partial charge >= 0.3 is 0 Å². The Morgan fingerprint density at radius 3 is 2.64 bits per heavy atom. The van der Waals surface area contributed by atoms with Crippen molar-refractivity contribution in [1.82, 2.24) is 9.97 Å². The normalized spacial score (nSPS) is 10.2. The molecule has 0 spiro atoms. The molecule has 3 rings (SSSR count). The number of hydrogen-bond donors (Lipinski definition) is 2. The second kappa shape index (κ2) is 7.72. The summed E-state index contributed by atoms with van der Waals surface area (Å²) in [5.41, 5.74) is 1.55. The van der Waals surface area contributed by atoms with Crippen molar-refractivity contribution in [3.63, 3.8) is 0 Å². The standard InChI is InChI=1S/C18H17ClN4O2/c1-24-14-5-3-4-13(11-14)21-17-8-9-20-18(23-17)22-15-10-12(19)6-7-16(15)25-2/h3-11H,1-2H3,(H2,20,21,22,23). The monoisotopic (exact) mass is 356 g/mol. The van der Waals surface area contributed by atoms with Crippen LogP contribution in [0.1, 0.15) is 0 Å². The van der Waals surface area contributed by atoms with Crippen LogP contribution in [0.4, 0.5) is 23.1 Å². The van der Waals surface area contributed by atoms with Gasteiger partial charge in [0, 0.05) is 23.0 Å². The van der Waals surface area contributed by atoms with Gasteiger partial charge in [-0.05, 0) is 36.4 Å².